The fourth-order valence-electron chi connectivity index (χ4n) is 1.93. The lowest BCUT2D eigenvalue weighted by atomic mass is 10.2. The SMILES string of the molecule is CC(C)(C)OC(=O)Oc1ccc(C=CC=Cc2ccc(O)cc2)cc1. The smallest absolute Gasteiger partial charge is 0.508 e. The van der Waals surface area contributed by atoms with Gasteiger partial charge in [-0.05, 0) is 56.2 Å². The Kier molecular flexibility index (Phi) is 6.01. The molecule has 4 heteroatoms. The first-order chi connectivity index (χ1) is 11.8. The summed E-state index contributed by atoms with van der Waals surface area (Å²) in [7, 11) is 0. The van der Waals surface area contributed by atoms with Crippen molar-refractivity contribution < 1.29 is 19.4 Å². The average Bonchev–Trinajstić information content (AvgIpc) is 2.53. The van der Waals surface area contributed by atoms with Crippen molar-refractivity contribution in [3.8, 4) is 11.5 Å². The molecule has 0 bridgehead atoms. The second kappa shape index (κ2) is 8.20. The van der Waals surface area contributed by atoms with Gasteiger partial charge in [-0.3, -0.25) is 0 Å². The number of hydrogen-bond acceptors (Lipinski definition) is 4. The van der Waals surface area contributed by atoms with Crippen molar-refractivity contribution in [1.82, 2.24) is 0 Å². The maximum atomic E-state index is 11.6. The Hall–Kier alpha value is -3.01. The third-order valence-corrected chi connectivity index (χ3v) is 3.05. The van der Waals surface area contributed by atoms with Crippen molar-refractivity contribution in [2.24, 2.45) is 0 Å². The van der Waals surface area contributed by atoms with Crippen LogP contribution in [0.25, 0.3) is 12.2 Å². The average molecular weight is 338 g/mol. The zero-order chi connectivity index (χ0) is 18.3. The van der Waals surface area contributed by atoms with Crippen molar-refractivity contribution in [2.45, 2.75) is 26.4 Å². The quantitative estimate of drug-likeness (QED) is 0.458. The Morgan fingerprint density at radius 3 is 1.84 bits per heavy atom. The number of ether oxygens (including phenoxy) is 2. The molecule has 0 aliphatic heterocycles. The van der Waals surface area contributed by atoms with E-state index < -0.39 is 11.8 Å². The highest BCUT2D eigenvalue weighted by atomic mass is 16.7. The van der Waals surface area contributed by atoms with Gasteiger partial charge in [0.2, 0.25) is 0 Å². The number of phenols is 1. The number of phenolic OH excluding ortho intramolecular Hbond substituents is 1. The van der Waals surface area contributed by atoms with Gasteiger partial charge in [-0.15, -0.1) is 0 Å². The summed E-state index contributed by atoms with van der Waals surface area (Å²) in [6.07, 6.45) is 6.99. The Labute approximate surface area is 148 Å². The van der Waals surface area contributed by atoms with Gasteiger partial charge in [-0.1, -0.05) is 48.6 Å². The Bertz CT molecular complexity index is 748. The molecule has 130 valence electrons. The van der Waals surface area contributed by atoms with Gasteiger partial charge in [0.15, 0.2) is 0 Å². The monoisotopic (exact) mass is 338 g/mol. The third kappa shape index (κ3) is 6.96. The minimum atomic E-state index is -0.715. The van der Waals surface area contributed by atoms with Gasteiger partial charge in [0.1, 0.15) is 17.1 Å². The number of allylic oxidation sites excluding steroid dienone is 2. The van der Waals surface area contributed by atoms with Crippen LogP contribution < -0.4 is 4.74 Å². The molecule has 0 saturated carbocycles. The van der Waals surface area contributed by atoms with Crippen LogP contribution in [0, 0.1) is 0 Å². The molecule has 0 unspecified atom stereocenters. The minimum absolute atomic E-state index is 0.251. The maximum absolute atomic E-state index is 11.6. The molecular weight excluding hydrogens is 316 g/mol. The summed E-state index contributed by atoms with van der Waals surface area (Å²) in [6.45, 7) is 5.36. The number of aromatic hydroxyl groups is 1. The van der Waals surface area contributed by atoms with Crippen LogP contribution in [0.2, 0.25) is 0 Å². The van der Waals surface area contributed by atoms with E-state index in [1.807, 2.05) is 48.6 Å². The minimum Gasteiger partial charge on any atom is -0.508 e. The molecule has 0 fully saturated rings. The summed E-state index contributed by atoms with van der Waals surface area (Å²) < 4.78 is 10.2. The van der Waals surface area contributed by atoms with E-state index in [1.165, 1.54) is 0 Å². The number of rotatable bonds is 4. The summed E-state index contributed by atoms with van der Waals surface area (Å²) >= 11 is 0. The Morgan fingerprint density at radius 1 is 0.880 bits per heavy atom. The van der Waals surface area contributed by atoms with Crippen LogP contribution in [-0.2, 0) is 4.74 Å². The molecule has 0 atom stereocenters. The van der Waals surface area contributed by atoms with Crippen LogP contribution in [0.5, 0.6) is 11.5 Å². The van der Waals surface area contributed by atoms with Crippen molar-refractivity contribution >= 4 is 18.3 Å². The number of benzene rings is 2. The van der Waals surface area contributed by atoms with Crippen LogP contribution in [0.15, 0.2) is 60.7 Å². The maximum Gasteiger partial charge on any atom is 0.514 e. The highest BCUT2D eigenvalue weighted by molar-refractivity contribution is 5.65. The zero-order valence-corrected chi connectivity index (χ0v) is 14.6. The van der Waals surface area contributed by atoms with Gasteiger partial charge < -0.3 is 14.6 Å². The van der Waals surface area contributed by atoms with Gasteiger partial charge in [-0.2, -0.15) is 0 Å². The van der Waals surface area contributed by atoms with Gasteiger partial charge in [-0.25, -0.2) is 4.79 Å². The molecule has 0 saturated heterocycles. The molecule has 0 heterocycles. The lowest BCUT2D eigenvalue weighted by molar-refractivity contribution is 0.0206. The molecule has 0 amide bonds. The number of hydrogen-bond donors (Lipinski definition) is 1. The van der Waals surface area contributed by atoms with Crippen molar-refractivity contribution in [2.75, 3.05) is 0 Å². The van der Waals surface area contributed by atoms with Gasteiger partial charge in [0.05, 0.1) is 0 Å². The molecule has 2 aromatic carbocycles. The summed E-state index contributed by atoms with van der Waals surface area (Å²) in [5.41, 5.74) is 1.40. The third-order valence-electron chi connectivity index (χ3n) is 3.05. The van der Waals surface area contributed by atoms with Crippen molar-refractivity contribution in [3.05, 3.63) is 71.8 Å². The molecule has 0 radical (unpaired) electrons. The summed E-state index contributed by atoms with van der Waals surface area (Å²) in [6, 6.07) is 14.1. The van der Waals surface area contributed by atoms with Crippen LogP contribution in [-0.4, -0.2) is 16.9 Å². The largest absolute Gasteiger partial charge is 0.514 e. The summed E-state index contributed by atoms with van der Waals surface area (Å²) in [5, 5.41) is 9.23. The standard InChI is InChI=1S/C21H22O4/c1-21(2,3)25-20(23)24-19-14-10-17(11-15-19)7-5-4-6-16-8-12-18(22)13-9-16/h4-15,22H,1-3H3. The first-order valence-electron chi connectivity index (χ1n) is 7.96. The van der Waals surface area contributed by atoms with Gasteiger partial charge >= 0.3 is 6.16 Å². The normalized spacial score (nSPS) is 11.8. The molecule has 2 rings (SSSR count). The van der Waals surface area contributed by atoms with E-state index in [1.54, 1.807) is 45.0 Å². The highest BCUT2D eigenvalue weighted by Gasteiger charge is 2.17. The second-order valence-electron chi connectivity index (χ2n) is 6.45. The van der Waals surface area contributed by atoms with Crippen LogP contribution in [0.3, 0.4) is 0 Å². The van der Waals surface area contributed by atoms with E-state index in [9.17, 15) is 9.90 Å². The van der Waals surface area contributed by atoms with E-state index in [4.69, 9.17) is 9.47 Å². The van der Waals surface area contributed by atoms with E-state index in [2.05, 4.69) is 0 Å². The van der Waals surface area contributed by atoms with Crippen LogP contribution in [0.1, 0.15) is 31.9 Å². The first kappa shape index (κ1) is 18.3. The van der Waals surface area contributed by atoms with Gasteiger partial charge in [0, 0.05) is 0 Å². The van der Waals surface area contributed by atoms with Gasteiger partial charge in [0.25, 0.3) is 0 Å². The first-order valence-corrected chi connectivity index (χ1v) is 7.96. The van der Waals surface area contributed by atoms with E-state index >= 15 is 0 Å². The predicted octanol–water partition coefficient (Wildman–Crippen LogP) is 5.43. The fraction of sp³-hybridized carbons (Fsp3) is 0.190. The lowest BCUT2D eigenvalue weighted by Gasteiger charge is -2.18. The number of carbonyl (C=O) groups excluding carboxylic acids is 1. The Balaban J connectivity index is 1.89. The molecular formula is C21H22O4. The van der Waals surface area contributed by atoms with Crippen molar-refractivity contribution in [1.29, 1.82) is 0 Å². The van der Waals surface area contributed by atoms with Crippen LogP contribution >= 0.6 is 0 Å². The topological polar surface area (TPSA) is 55.8 Å². The molecule has 1 N–H and O–H groups in total. The molecule has 2 aromatic rings. The highest BCUT2D eigenvalue weighted by Crippen LogP contribution is 2.16. The fourth-order valence-corrected chi connectivity index (χ4v) is 1.93. The van der Waals surface area contributed by atoms with E-state index in [0.29, 0.717) is 5.75 Å². The lowest BCUT2D eigenvalue weighted by Crippen LogP contribution is -2.25. The Morgan fingerprint density at radius 2 is 1.36 bits per heavy atom. The van der Waals surface area contributed by atoms with E-state index in [-0.39, 0.29) is 5.75 Å². The second-order valence-corrected chi connectivity index (χ2v) is 6.45. The zero-order valence-electron chi connectivity index (χ0n) is 14.6. The molecule has 0 aliphatic carbocycles. The molecule has 25 heavy (non-hydrogen) atoms. The molecule has 4 nitrogen and oxygen atoms in total. The van der Waals surface area contributed by atoms with E-state index in [0.717, 1.165) is 11.1 Å². The summed E-state index contributed by atoms with van der Waals surface area (Å²) in [5.74, 6) is 0.687. The number of carbonyl (C=O) groups is 1. The van der Waals surface area contributed by atoms with Crippen molar-refractivity contribution in [3.63, 3.8) is 0 Å². The molecule has 0 spiro atoms. The molecule has 0 aromatic heterocycles. The predicted molar refractivity (Wildman–Crippen MR) is 99.5 cm³/mol. The molecule has 0 aliphatic rings. The summed E-state index contributed by atoms with van der Waals surface area (Å²) in [4.78, 5) is 11.6. The van der Waals surface area contributed by atoms with Crippen LogP contribution in [0.4, 0.5) is 4.79 Å².